The molecule has 0 aliphatic carbocycles. The molecule has 0 heterocycles. The molecule has 0 bridgehead atoms. The third kappa shape index (κ3) is 6.11. The van der Waals surface area contributed by atoms with Crippen molar-refractivity contribution in [1.82, 2.24) is 5.32 Å². The summed E-state index contributed by atoms with van der Waals surface area (Å²) in [5.41, 5.74) is 2.58. The first-order valence-electron chi connectivity index (χ1n) is 7.47. The molecule has 0 aliphatic rings. The molecule has 0 fully saturated rings. The lowest BCUT2D eigenvalue weighted by Gasteiger charge is -2.15. The number of hydrogen-bond donors (Lipinski definition) is 1. The third-order valence-electron chi connectivity index (χ3n) is 3.17. The summed E-state index contributed by atoms with van der Waals surface area (Å²) in [5.74, 6) is 1.57. The van der Waals surface area contributed by atoms with Crippen LogP contribution in [0.1, 0.15) is 57.6 Å². The number of ether oxygens (including phenoxy) is 1. The van der Waals surface area contributed by atoms with Crippen molar-refractivity contribution < 1.29 is 4.74 Å². The van der Waals surface area contributed by atoms with Crippen LogP contribution in [0.3, 0.4) is 0 Å². The van der Waals surface area contributed by atoms with Gasteiger partial charge < -0.3 is 10.1 Å². The SMILES string of the molecule is Cc1ccc(C(C)C)c(OCCCCNC(C)C)c1. The van der Waals surface area contributed by atoms with Gasteiger partial charge in [0.15, 0.2) is 0 Å². The Balaban J connectivity index is 2.38. The van der Waals surface area contributed by atoms with Gasteiger partial charge in [0.2, 0.25) is 0 Å². The van der Waals surface area contributed by atoms with Crippen molar-refractivity contribution in [3.63, 3.8) is 0 Å². The summed E-state index contributed by atoms with van der Waals surface area (Å²) >= 11 is 0. The Morgan fingerprint density at radius 1 is 1.11 bits per heavy atom. The van der Waals surface area contributed by atoms with E-state index in [1.807, 2.05) is 0 Å². The Morgan fingerprint density at radius 2 is 1.84 bits per heavy atom. The largest absolute Gasteiger partial charge is 0.493 e. The molecule has 2 nitrogen and oxygen atoms in total. The number of nitrogens with one attached hydrogen (secondary N) is 1. The van der Waals surface area contributed by atoms with Gasteiger partial charge in [0.25, 0.3) is 0 Å². The number of benzene rings is 1. The first kappa shape index (κ1) is 16.0. The molecule has 1 aromatic carbocycles. The van der Waals surface area contributed by atoms with Gasteiger partial charge in [-0.15, -0.1) is 0 Å². The summed E-state index contributed by atoms with van der Waals surface area (Å²) in [4.78, 5) is 0. The molecular weight excluding hydrogens is 234 g/mol. The zero-order chi connectivity index (χ0) is 14.3. The van der Waals surface area contributed by atoms with Crippen LogP contribution in [0.4, 0.5) is 0 Å². The smallest absolute Gasteiger partial charge is 0.122 e. The molecule has 1 rings (SSSR count). The number of hydrogen-bond acceptors (Lipinski definition) is 2. The lowest BCUT2D eigenvalue weighted by molar-refractivity contribution is 0.301. The van der Waals surface area contributed by atoms with Crippen LogP contribution in [-0.4, -0.2) is 19.2 Å². The van der Waals surface area contributed by atoms with Crippen LogP contribution in [0.2, 0.25) is 0 Å². The topological polar surface area (TPSA) is 21.3 Å². The lowest BCUT2D eigenvalue weighted by Crippen LogP contribution is -2.23. The predicted octanol–water partition coefficient (Wildman–Crippen LogP) is 4.28. The van der Waals surface area contributed by atoms with E-state index in [0.717, 1.165) is 25.3 Å². The van der Waals surface area contributed by atoms with Crippen LogP contribution >= 0.6 is 0 Å². The van der Waals surface area contributed by atoms with Crippen molar-refractivity contribution in [2.75, 3.05) is 13.2 Å². The van der Waals surface area contributed by atoms with E-state index in [2.05, 4.69) is 58.1 Å². The van der Waals surface area contributed by atoms with Crippen LogP contribution in [0.15, 0.2) is 18.2 Å². The summed E-state index contributed by atoms with van der Waals surface area (Å²) in [6.07, 6.45) is 2.27. The van der Waals surface area contributed by atoms with Crippen molar-refractivity contribution in [3.05, 3.63) is 29.3 Å². The minimum absolute atomic E-state index is 0.512. The first-order chi connectivity index (χ1) is 9.00. The number of aryl methyl sites for hydroxylation is 1. The average molecular weight is 263 g/mol. The molecule has 0 spiro atoms. The van der Waals surface area contributed by atoms with Gasteiger partial charge in [-0.05, 0) is 49.4 Å². The monoisotopic (exact) mass is 263 g/mol. The summed E-state index contributed by atoms with van der Waals surface area (Å²) in [6.45, 7) is 12.8. The van der Waals surface area contributed by atoms with Gasteiger partial charge in [-0.1, -0.05) is 39.8 Å². The summed E-state index contributed by atoms with van der Waals surface area (Å²) in [7, 11) is 0. The highest BCUT2D eigenvalue weighted by Crippen LogP contribution is 2.27. The van der Waals surface area contributed by atoms with Gasteiger partial charge in [0.1, 0.15) is 5.75 Å². The van der Waals surface area contributed by atoms with Gasteiger partial charge in [0, 0.05) is 6.04 Å². The van der Waals surface area contributed by atoms with Crippen LogP contribution in [0.25, 0.3) is 0 Å². The number of unbranched alkanes of at least 4 members (excludes halogenated alkanes) is 1. The Kier molecular flexibility index (Phi) is 6.93. The molecule has 19 heavy (non-hydrogen) atoms. The molecule has 0 atom stereocenters. The van der Waals surface area contributed by atoms with Gasteiger partial charge in [0.05, 0.1) is 6.61 Å². The Bertz CT molecular complexity index is 372. The van der Waals surface area contributed by atoms with E-state index in [9.17, 15) is 0 Å². The maximum Gasteiger partial charge on any atom is 0.122 e. The Labute approximate surface area is 118 Å². The molecular formula is C17H29NO. The molecule has 0 saturated carbocycles. The van der Waals surface area contributed by atoms with E-state index >= 15 is 0 Å². The summed E-state index contributed by atoms with van der Waals surface area (Å²) < 4.78 is 5.96. The molecule has 108 valence electrons. The van der Waals surface area contributed by atoms with Crippen LogP contribution < -0.4 is 10.1 Å². The van der Waals surface area contributed by atoms with Crippen molar-refractivity contribution in [3.8, 4) is 5.75 Å². The quantitative estimate of drug-likeness (QED) is 0.707. The third-order valence-corrected chi connectivity index (χ3v) is 3.17. The van der Waals surface area contributed by atoms with Crippen LogP contribution in [0, 0.1) is 6.92 Å². The highest BCUT2D eigenvalue weighted by Gasteiger charge is 2.07. The fourth-order valence-corrected chi connectivity index (χ4v) is 2.04. The van der Waals surface area contributed by atoms with Gasteiger partial charge in [-0.25, -0.2) is 0 Å². The fourth-order valence-electron chi connectivity index (χ4n) is 2.04. The first-order valence-corrected chi connectivity index (χ1v) is 7.47. The van der Waals surface area contributed by atoms with Crippen molar-refractivity contribution in [1.29, 1.82) is 0 Å². The highest BCUT2D eigenvalue weighted by molar-refractivity contribution is 5.39. The molecule has 0 radical (unpaired) electrons. The molecule has 0 aromatic heterocycles. The van der Waals surface area contributed by atoms with Crippen molar-refractivity contribution in [2.24, 2.45) is 0 Å². The zero-order valence-corrected chi connectivity index (χ0v) is 13.1. The molecule has 0 amide bonds. The maximum atomic E-state index is 5.96. The lowest BCUT2D eigenvalue weighted by atomic mass is 10.0. The summed E-state index contributed by atoms with van der Waals surface area (Å²) in [6, 6.07) is 7.08. The molecule has 0 saturated heterocycles. The van der Waals surface area contributed by atoms with Crippen LogP contribution in [0.5, 0.6) is 5.75 Å². The van der Waals surface area contributed by atoms with E-state index in [1.165, 1.54) is 17.5 Å². The molecule has 0 unspecified atom stereocenters. The average Bonchev–Trinajstić information content (AvgIpc) is 2.33. The van der Waals surface area contributed by atoms with Crippen molar-refractivity contribution >= 4 is 0 Å². The van der Waals surface area contributed by atoms with E-state index in [1.54, 1.807) is 0 Å². The molecule has 2 heteroatoms. The van der Waals surface area contributed by atoms with Gasteiger partial charge in [-0.2, -0.15) is 0 Å². The van der Waals surface area contributed by atoms with Crippen molar-refractivity contribution in [2.45, 2.75) is 59.4 Å². The standard InChI is InChI=1S/C17H29NO/c1-13(2)16-9-8-15(5)12-17(16)19-11-7-6-10-18-14(3)4/h8-9,12-14,18H,6-7,10-11H2,1-5H3. The Morgan fingerprint density at radius 3 is 2.47 bits per heavy atom. The highest BCUT2D eigenvalue weighted by atomic mass is 16.5. The van der Waals surface area contributed by atoms with Gasteiger partial charge >= 0.3 is 0 Å². The summed E-state index contributed by atoms with van der Waals surface area (Å²) in [5, 5.41) is 3.43. The second kappa shape index (κ2) is 8.21. The van der Waals surface area contributed by atoms with E-state index < -0.39 is 0 Å². The number of rotatable bonds is 8. The minimum atomic E-state index is 0.512. The van der Waals surface area contributed by atoms with Crippen LogP contribution in [-0.2, 0) is 0 Å². The zero-order valence-electron chi connectivity index (χ0n) is 13.1. The van der Waals surface area contributed by atoms with E-state index in [-0.39, 0.29) is 0 Å². The fraction of sp³-hybridized carbons (Fsp3) is 0.647. The van der Waals surface area contributed by atoms with Gasteiger partial charge in [-0.3, -0.25) is 0 Å². The van der Waals surface area contributed by atoms with E-state index in [4.69, 9.17) is 4.74 Å². The minimum Gasteiger partial charge on any atom is -0.493 e. The van der Waals surface area contributed by atoms with E-state index in [0.29, 0.717) is 12.0 Å². The second-order valence-corrected chi connectivity index (χ2v) is 5.86. The molecule has 1 aromatic rings. The normalized spacial score (nSPS) is 11.3. The molecule has 0 aliphatic heterocycles. The predicted molar refractivity (Wildman–Crippen MR) is 83.1 cm³/mol. The second-order valence-electron chi connectivity index (χ2n) is 5.86. The Hall–Kier alpha value is -1.02. The molecule has 1 N–H and O–H groups in total. The maximum absolute atomic E-state index is 5.96.